The summed E-state index contributed by atoms with van der Waals surface area (Å²) < 4.78 is 0. The van der Waals surface area contributed by atoms with Gasteiger partial charge in [-0.05, 0) is 37.6 Å². The van der Waals surface area contributed by atoms with Gasteiger partial charge in [0.25, 0.3) is 0 Å². The number of benzene rings is 1. The van der Waals surface area contributed by atoms with Crippen molar-refractivity contribution in [1.82, 2.24) is 5.32 Å². The average molecular weight is 206 g/mol. The molecular weight excluding hydrogens is 188 g/mol. The minimum absolute atomic E-state index is 0.324. The van der Waals surface area contributed by atoms with Crippen LogP contribution >= 0.6 is 0 Å². The molecule has 2 N–H and O–H groups in total. The van der Waals surface area contributed by atoms with Gasteiger partial charge in [0.2, 0.25) is 0 Å². The first kappa shape index (κ1) is 10.3. The molecule has 1 aromatic rings. The summed E-state index contributed by atoms with van der Waals surface area (Å²) in [6.07, 6.45) is 2.31. The molecule has 0 saturated carbocycles. The standard InChI is InChI=1S/C12H18N2O/c1-14(2)9-5-6-12(15)10(8-9)11-4-3-7-13-11/h5-6,8,11,13,15H,3-4,7H2,1-2H3. The lowest BCUT2D eigenvalue weighted by atomic mass is 10.0. The van der Waals surface area contributed by atoms with Crippen LogP contribution in [0.4, 0.5) is 5.69 Å². The first-order chi connectivity index (χ1) is 7.18. The largest absolute Gasteiger partial charge is 0.508 e. The molecule has 1 atom stereocenters. The maximum absolute atomic E-state index is 9.82. The van der Waals surface area contributed by atoms with Crippen molar-refractivity contribution in [3.05, 3.63) is 23.8 Å². The number of phenols is 1. The summed E-state index contributed by atoms with van der Waals surface area (Å²) in [5.74, 6) is 0.403. The Morgan fingerprint density at radius 2 is 2.20 bits per heavy atom. The molecule has 82 valence electrons. The fourth-order valence-electron chi connectivity index (χ4n) is 2.05. The maximum Gasteiger partial charge on any atom is 0.120 e. The number of rotatable bonds is 2. The molecule has 0 spiro atoms. The van der Waals surface area contributed by atoms with E-state index in [9.17, 15) is 5.11 Å². The van der Waals surface area contributed by atoms with Gasteiger partial charge in [0.1, 0.15) is 5.75 Å². The first-order valence-electron chi connectivity index (χ1n) is 5.42. The van der Waals surface area contributed by atoms with Crippen molar-refractivity contribution in [2.75, 3.05) is 25.5 Å². The third-order valence-electron chi connectivity index (χ3n) is 2.96. The van der Waals surface area contributed by atoms with E-state index >= 15 is 0 Å². The van der Waals surface area contributed by atoms with E-state index in [-0.39, 0.29) is 0 Å². The van der Waals surface area contributed by atoms with E-state index in [4.69, 9.17) is 0 Å². The fourth-order valence-corrected chi connectivity index (χ4v) is 2.05. The number of hydrogen-bond acceptors (Lipinski definition) is 3. The molecule has 1 aliphatic heterocycles. The molecule has 3 heteroatoms. The normalized spacial score (nSPS) is 20.5. The van der Waals surface area contributed by atoms with Crippen LogP contribution in [0.25, 0.3) is 0 Å². The van der Waals surface area contributed by atoms with Crippen LogP contribution in [-0.2, 0) is 0 Å². The van der Waals surface area contributed by atoms with E-state index in [0.717, 1.165) is 24.2 Å². The second-order valence-electron chi connectivity index (χ2n) is 4.29. The molecule has 1 aromatic carbocycles. The molecule has 0 aromatic heterocycles. The second-order valence-corrected chi connectivity index (χ2v) is 4.29. The SMILES string of the molecule is CN(C)c1ccc(O)c(C2CCCN2)c1. The van der Waals surface area contributed by atoms with Gasteiger partial charge in [-0.25, -0.2) is 0 Å². The first-order valence-corrected chi connectivity index (χ1v) is 5.42. The molecule has 1 fully saturated rings. The predicted octanol–water partition coefficient (Wildman–Crippen LogP) is 1.88. The minimum Gasteiger partial charge on any atom is -0.508 e. The van der Waals surface area contributed by atoms with Crippen LogP contribution < -0.4 is 10.2 Å². The molecule has 0 aliphatic carbocycles. The Balaban J connectivity index is 2.31. The third kappa shape index (κ3) is 2.07. The van der Waals surface area contributed by atoms with Gasteiger partial charge in [-0.15, -0.1) is 0 Å². The zero-order chi connectivity index (χ0) is 10.8. The van der Waals surface area contributed by atoms with Crippen LogP contribution in [0, 0.1) is 0 Å². The summed E-state index contributed by atoms with van der Waals surface area (Å²) in [7, 11) is 4.02. The predicted molar refractivity (Wildman–Crippen MR) is 62.4 cm³/mol. The van der Waals surface area contributed by atoms with Gasteiger partial charge in [-0.1, -0.05) is 0 Å². The smallest absolute Gasteiger partial charge is 0.120 e. The summed E-state index contributed by atoms with van der Waals surface area (Å²) in [4.78, 5) is 2.05. The minimum atomic E-state index is 0.324. The van der Waals surface area contributed by atoms with E-state index in [0.29, 0.717) is 11.8 Å². The molecular formula is C12H18N2O. The maximum atomic E-state index is 9.82. The number of aromatic hydroxyl groups is 1. The van der Waals surface area contributed by atoms with Crippen molar-refractivity contribution in [1.29, 1.82) is 0 Å². The van der Waals surface area contributed by atoms with Crippen LogP contribution in [0.1, 0.15) is 24.4 Å². The van der Waals surface area contributed by atoms with Gasteiger partial charge >= 0.3 is 0 Å². The molecule has 1 unspecified atom stereocenters. The van der Waals surface area contributed by atoms with Crippen molar-refractivity contribution in [3.63, 3.8) is 0 Å². The van der Waals surface area contributed by atoms with Crippen LogP contribution in [0.2, 0.25) is 0 Å². The topological polar surface area (TPSA) is 35.5 Å². The van der Waals surface area contributed by atoms with Crippen LogP contribution in [0.5, 0.6) is 5.75 Å². The Morgan fingerprint density at radius 3 is 2.80 bits per heavy atom. The fraction of sp³-hybridized carbons (Fsp3) is 0.500. The van der Waals surface area contributed by atoms with Crippen molar-refractivity contribution < 1.29 is 5.11 Å². The van der Waals surface area contributed by atoms with E-state index in [2.05, 4.69) is 16.3 Å². The zero-order valence-electron chi connectivity index (χ0n) is 9.33. The monoisotopic (exact) mass is 206 g/mol. The highest BCUT2D eigenvalue weighted by molar-refractivity contribution is 5.52. The number of nitrogens with one attached hydrogen (secondary N) is 1. The van der Waals surface area contributed by atoms with E-state index in [1.165, 1.54) is 6.42 Å². The van der Waals surface area contributed by atoms with Crippen molar-refractivity contribution in [2.24, 2.45) is 0 Å². The Kier molecular flexibility index (Phi) is 2.82. The quantitative estimate of drug-likeness (QED) is 0.775. The lowest BCUT2D eigenvalue weighted by molar-refractivity contribution is 0.457. The van der Waals surface area contributed by atoms with Crippen LogP contribution in [-0.4, -0.2) is 25.7 Å². The molecule has 0 amide bonds. The van der Waals surface area contributed by atoms with Gasteiger partial charge in [-0.2, -0.15) is 0 Å². The number of nitrogens with zero attached hydrogens (tertiary/aromatic N) is 1. The highest BCUT2D eigenvalue weighted by Crippen LogP contribution is 2.32. The van der Waals surface area contributed by atoms with Gasteiger partial charge in [0.15, 0.2) is 0 Å². The third-order valence-corrected chi connectivity index (χ3v) is 2.96. The van der Waals surface area contributed by atoms with E-state index < -0.39 is 0 Å². The summed E-state index contributed by atoms with van der Waals surface area (Å²) in [6.45, 7) is 1.05. The van der Waals surface area contributed by atoms with Crippen LogP contribution in [0.3, 0.4) is 0 Å². The van der Waals surface area contributed by atoms with Gasteiger partial charge in [0.05, 0.1) is 0 Å². The second kappa shape index (κ2) is 4.11. The molecule has 1 aliphatic rings. The average Bonchev–Trinajstić information content (AvgIpc) is 2.71. The van der Waals surface area contributed by atoms with Crippen molar-refractivity contribution in [3.8, 4) is 5.75 Å². The lowest BCUT2D eigenvalue weighted by Crippen LogP contribution is -2.14. The van der Waals surface area contributed by atoms with Crippen molar-refractivity contribution in [2.45, 2.75) is 18.9 Å². The Morgan fingerprint density at radius 1 is 1.40 bits per heavy atom. The van der Waals surface area contributed by atoms with E-state index in [1.807, 2.05) is 20.2 Å². The lowest BCUT2D eigenvalue weighted by Gasteiger charge is -2.18. The molecule has 0 bridgehead atoms. The summed E-state index contributed by atoms with van der Waals surface area (Å²) >= 11 is 0. The zero-order valence-corrected chi connectivity index (χ0v) is 9.33. The van der Waals surface area contributed by atoms with Gasteiger partial charge in [-0.3, -0.25) is 0 Å². The number of anilines is 1. The van der Waals surface area contributed by atoms with Gasteiger partial charge < -0.3 is 15.3 Å². The number of hydrogen-bond donors (Lipinski definition) is 2. The summed E-state index contributed by atoms with van der Waals surface area (Å²) in [6, 6.07) is 6.11. The van der Waals surface area contributed by atoms with Crippen molar-refractivity contribution >= 4 is 5.69 Å². The molecule has 0 radical (unpaired) electrons. The van der Waals surface area contributed by atoms with Gasteiger partial charge in [0, 0.05) is 31.4 Å². The van der Waals surface area contributed by atoms with E-state index in [1.54, 1.807) is 6.07 Å². The molecule has 1 heterocycles. The molecule has 3 nitrogen and oxygen atoms in total. The highest BCUT2D eigenvalue weighted by atomic mass is 16.3. The molecule has 15 heavy (non-hydrogen) atoms. The molecule has 1 saturated heterocycles. The number of phenolic OH excluding ortho intramolecular Hbond substituents is 1. The van der Waals surface area contributed by atoms with Crippen LogP contribution in [0.15, 0.2) is 18.2 Å². The Bertz CT molecular complexity index is 343. The Labute approximate surface area is 90.7 Å². The highest BCUT2D eigenvalue weighted by Gasteiger charge is 2.19. The molecule has 2 rings (SSSR count). The summed E-state index contributed by atoms with van der Waals surface area (Å²) in [5, 5.41) is 13.2. The summed E-state index contributed by atoms with van der Waals surface area (Å²) in [5.41, 5.74) is 2.16. The Hall–Kier alpha value is -1.22.